The van der Waals surface area contributed by atoms with E-state index in [1.807, 2.05) is 30.3 Å². The third kappa shape index (κ3) is 3.59. The highest BCUT2D eigenvalue weighted by molar-refractivity contribution is 8.05. The molecular formula is C22H21NO5S2. The van der Waals surface area contributed by atoms with Gasteiger partial charge in [-0.25, -0.2) is 8.42 Å². The van der Waals surface area contributed by atoms with Gasteiger partial charge in [-0.1, -0.05) is 61.5 Å². The van der Waals surface area contributed by atoms with E-state index in [1.54, 1.807) is 31.2 Å². The quantitative estimate of drug-likeness (QED) is 0.683. The number of carbonyl (C=O) groups excluding carboxylic acids is 1. The number of benzene rings is 2. The van der Waals surface area contributed by atoms with E-state index in [9.17, 15) is 23.1 Å². The van der Waals surface area contributed by atoms with Gasteiger partial charge in [-0.3, -0.25) is 9.59 Å². The van der Waals surface area contributed by atoms with Gasteiger partial charge in [0.1, 0.15) is 6.04 Å². The van der Waals surface area contributed by atoms with Crippen LogP contribution in [0.4, 0.5) is 0 Å². The smallest absolute Gasteiger partial charge is 0.322 e. The van der Waals surface area contributed by atoms with Crippen LogP contribution < -0.4 is 0 Å². The SMILES string of the molecule is CCC(C(=O)O)N1CC2=C(CC(c3ccc(C(=O)c4ccccc4)cc3)S2)S1(=O)=O. The summed E-state index contributed by atoms with van der Waals surface area (Å²) in [4.78, 5) is 25.1. The number of sulfonamides is 1. The lowest BCUT2D eigenvalue weighted by Crippen LogP contribution is -2.42. The van der Waals surface area contributed by atoms with E-state index < -0.39 is 22.0 Å². The minimum Gasteiger partial charge on any atom is -0.480 e. The van der Waals surface area contributed by atoms with Gasteiger partial charge in [-0.05, 0) is 12.0 Å². The maximum absolute atomic E-state index is 12.9. The Labute approximate surface area is 179 Å². The molecule has 0 bridgehead atoms. The van der Waals surface area contributed by atoms with Gasteiger partial charge in [0.25, 0.3) is 0 Å². The molecule has 2 aliphatic rings. The van der Waals surface area contributed by atoms with Crippen LogP contribution in [0.25, 0.3) is 0 Å². The Morgan fingerprint density at radius 1 is 1.10 bits per heavy atom. The van der Waals surface area contributed by atoms with Crippen molar-refractivity contribution in [3.8, 4) is 0 Å². The maximum atomic E-state index is 12.9. The van der Waals surface area contributed by atoms with Crippen LogP contribution in [0, 0.1) is 0 Å². The molecule has 0 radical (unpaired) electrons. The average Bonchev–Trinajstić information content (AvgIpc) is 3.27. The number of aliphatic carboxylic acids is 1. The first-order valence-corrected chi connectivity index (χ1v) is 12.0. The average molecular weight is 444 g/mol. The number of hydrogen-bond donors (Lipinski definition) is 1. The number of thioether (sulfide) groups is 1. The lowest BCUT2D eigenvalue weighted by Gasteiger charge is -2.24. The molecular weight excluding hydrogens is 422 g/mol. The standard InChI is InChI=1S/C22H21NO5S2/c1-2-17(22(25)26)23-13-19-20(30(23,27)28)12-18(29-19)14-8-10-16(11-9-14)21(24)15-6-4-3-5-7-15/h3-11,17-18H,2,12-13H2,1H3,(H,25,26). The monoisotopic (exact) mass is 443 g/mol. The molecule has 0 saturated carbocycles. The predicted molar refractivity (Wildman–Crippen MR) is 116 cm³/mol. The second kappa shape index (κ2) is 8.02. The van der Waals surface area contributed by atoms with Crippen molar-refractivity contribution in [1.29, 1.82) is 0 Å². The Morgan fingerprint density at radius 3 is 2.30 bits per heavy atom. The summed E-state index contributed by atoms with van der Waals surface area (Å²) in [6.45, 7) is 1.79. The molecule has 2 aromatic carbocycles. The summed E-state index contributed by atoms with van der Waals surface area (Å²) in [5.74, 6) is -1.18. The Morgan fingerprint density at radius 2 is 1.73 bits per heavy atom. The third-order valence-electron chi connectivity index (χ3n) is 5.49. The van der Waals surface area contributed by atoms with Gasteiger partial charge >= 0.3 is 5.97 Å². The summed E-state index contributed by atoms with van der Waals surface area (Å²) < 4.78 is 26.9. The highest BCUT2D eigenvalue weighted by Gasteiger charge is 2.47. The maximum Gasteiger partial charge on any atom is 0.322 e. The van der Waals surface area contributed by atoms with Crippen molar-refractivity contribution >= 4 is 33.5 Å². The van der Waals surface area contributed by atoms with Crippen molar-refractivity contribution in [3.63, 3.8) is 0 Å². The fourth-order valence-electron chi connectivity index (χ4n) is 3.87. The molecule has 2 unspecified atom stereocenters. The number of nitrogens with zero attached hydrogens (tertiary/aromatic N) is 1. The van der Waals surface area contributed by atoms with Crippen LogP contribution in [0.15, 0.2) is 64.4 Å². The van der Waals surface area contributed by atoms with E-state index in [1.165, 1.54) is 11.8 Å². The number of carbonyl (C=O) groups is 2. The molecule has 0 aromatic heterocycles. The fourth-order valence-corrected chi connectivity index (χ4v) is 7.72. The topological polar surface area (TPSA) is 91.8 Å². The number of hydrogen-bond acceptors (Lipinski definition) is 5. The van der Waals surface area contributed by atoms with Gasteiger partial charge in [0.2, 0.25) is 10.0 Å². The molecule has 0 saturated heterocycles. The summed E-state index contributed by atoms with van der Waals surface area (Å²) in [5.41, 5.74) is 2.15. The van der Waals surface area contributed by atoms with E-state index in [0.717, 1.165) is 14.8 Å². The van der Waals surface area contributed by atoms with Gasteiger partial charge in [-0.15, -0.1) is 11.8 Å². The second-order valence-corrected chi connectivity index (χ2v) is 10.5. The largest absolute Gasteiger partial charge is 0.480 e. The van der Waals surface area contributed by atoms with Crippen LogP contribution >= 0.6 is 11.8 Å². The van der Waals surface area contributed by atoms with E-state index >= 15 is 0 Å². The molecule has 2 aliphatic heterocycles. The first-order chi connectivity index (χ1) is 14.3. The number of ketones is 1. The minimum absolute atomic E-state index is 0.0562. The van der Waals surface area contributed by atoms with Crippen LogP contribution in [0.1, 0.15) is 46.5 Å². The van der Waals surface area contributed by atoms with Gasteiger partial charge in [-0.2, -0.15) is 4.31 Å². The Bertz CT molecular complexity index is 1120. The number of rotatable bonds is 6. The first-order valence-electron chi connectivity index (χ1n) is 9.66. The second-order valence-electron chi connectivity index (χ2n) is 7.29. The van der Waals surface area contributed by atoms with Crippen molar-refractivity contribution in [2.75, 3.05) is 6.54 Å². The van der Waals surface area contributed by atoms with Crippen LogP contribution in [0.2, 0.25) is 0 Å². The highest BCUT2D eigenvalue weighted by atomic mass is 32.2. The van der Waals surface area contributed by atoms with E-state index in [4.69, 9.17) is 0 Å². The third-order valence-corrected chi connectivity index (χ3v) is 9.04. The molecule has 0 fully saturated rings. The molecule has 2 aromatic rings. The first kappa shape index (κ1) is 20.8. The summed E-state index contributed by atoms with van der Waals surface area (Å²) in [7, 11) is -3.76. The summed E-state index contributed by atoms with van der Waals surface area (Å²) in [6.07, 6.45) is 0.557. The summed E-state index contributed by atoms with van der Waals surface area (Å²) in [6, 6.07) is 15.3. The molecule has 4 rings (SSSR count). The van der Waals surface area contributed by atoms with E-state index in [-0.39, 0.29) is 24.0 Å². The van der Waals surface area contributed by atoms with Gasteiger partial charge in [0.05, 0.1) is 4.91 Å². The Balaban J connectivity index is 1.49. The van der Waals surface area contributed by atoms with Crippen molar-refractivity contribution in [1.82, 2.24) is 4.31 Å². The lowest BCUT2D eigenvalue weighted by molar-refractivity contribution is -0.141. The molecule has 1 N–H and O–H groups in total. The van der Waals surface area contributed by atoms with Crippen LogP contribution in [0.3, 0.4) is 0 Å². The molecule has 2 heterocycles. The fraction of sp³-hybridized carbons (Fsp3) is 0.273. The number of allylic oxidation sites excluding steroid dienone is 1. The Hall–Kier alpha value is -2.42. The summed E-state index contributed by atoms with van der Waals surface area (Å²) >= 11 is 1.47. The molecule has 0 spiro atoms. The highest BCUT2D eigenvalue weighted by Crippen LogP contribution is 2.53. The van der Waals surface area contributed by atoms with Gasteiger partial charge in [0, 0.05) is 34.2 Å². The zero-order valence-corrected chi connectivity index (χ0v) is 17.9. The summed E-state index contributed by atoms with van der Waals surface area (Å²) in [5, 5.41) is 9.30. The molecule has 2 atom stereocenters. The van der Waals surface area contributed by atoms with Crippen LogP contribution in [-0.4, -0.2) is 42.2 Å². The molecule has 30 heavy (non-hydrogen) atoms. The van der Waals surface area contributed by atoms with Crippen LogP contribution in [0.5, 0.6) is 0 Å². The van der Waals surface area contributed by atoms with E-state index in [0.29, 0.717) is 22.5 Å². The number of carboxylic acids is 1. The molecule has 0 aliphatic carbocycles. The van der Waals surface area contributed by atoms with Crippen molar-refractivity contribution in [2.45, 2.75) is 31.1 Å². The Kier molecular flexibility index (Phi) is 5.57. The molecule has 6 nitrogen and oxygen atoms in total. The van der Waals surface area contributed by atoms with E-state index in [2.05, 4.69) is 0 Å². The zero-order valence-electron chi connectivity index (χ0n) is 16.3. The van der Waals surface area contributed by atoms with Crippen molar-refractivity contribution in [2.24, 2.45) is 0 Å². The van der Waals surface area contributed by atoms with Crippen molar-refractivity contribution in [3.05, 3.63) is 81.1 Å². The predicted octanol–water partition coefficient (Wildman–Crippen LogP) is 3.82. The molecule has 0 amide bonds. The number of carboxylic acid groups (broad SMARTS) is 1. The minimum atomic E-state index is -3.76. The zero-order chi connectivity index (χ0) is 21.5. The van der Waals surface area contributed by atoms with Crippen molar-refractivity contribution < 1.29 is 23.1 Å². The van der Waals surface area contributed by atoms with Gasteiger partial charge in [0.15, 0.2) is 5.78 Å². The molecule has 156 valence electrons. The van der Waals surface area contributed by atoms with Gasteiger partial charge < -0.3 is 5.11 Å². The lowest BCUT2D eigenvalue weighted by atomic mass is 10.0. The van der Waals surface area contributed by atoms with Crippen LogP contribution in [-0.2, 0) is 14.8 Å². The normalized spacial score (nSPS) is 21.4. The molecule has 8 heteroatoms.